The minimum Gasteiger partial charge on any atom is -0.461 e. The SMILES string of the molecule is CCOC(=O)c1csc2nc(-c3ccc(NCC4(c5nc(C)ccc5F)CC(F)C4)nn3)cn12. The maximum Gasteiger partial charge on any atom is 0.356 e. The molecule has 0 aliphatic heterocycles. The molecule has 1 fully saturated rings. The van der Waals surface area contributed by atoms with Crippen LogP contribution < -0.4 is 5.32 Å². The van der Waals surface area contributed by atoms with Crippen LogP contribution in [0, 0.1) is 12.7 Å². The van der Waals surface area contributed by atoms with Crippen LogP contribution in [-0.4, -0.2) is 49.9 Å². The Morgan fingerprint density at radius 1 is 1.24 bits per heavy atom. The second-order valence-electron chi connectivity index (χ2n) is 8.35. The molecule has 0 aromatic carbocycles. The van der Waals surface area contributed by atoms with E-state index in [9.17, 15) is 13.6 Å². The lowest BCUT2D eigenvalue weighted by atomic mass is 9.65. The van der Waals surface area contributed by atoms with E-state index in [4.69, 9.17) is 4.74 Å². The summed E-state index contributed by atoms with van der Waals surface area (Å²) >= 11 is 1.33. The molecule has 0 atom stereocenters. The summed E-state index contributed by atoms with van der Waals surface area (Å²) in [6.45, 7) is 4.12. The molecule has 1 aliphatic carbocycles. The number of alkyl halides is 1. The fourth-order valence-corrected chi connectivity index (χ4v) is 5.05. The van der Waals surface area contributed by atoms with Gasteiger partial charge in [0.2, 0.25) is 0 Å². The van der Waals surface area contributed by atoms with Crippen LogP contribution in [-0.2, 0) is 10.2 Å². The molecule has 4 aromatic rings. The number of aromatic nitrogens is 5. The number of nitrogens with zero attached hydrogens (tertiary/aromatic N) is 5. The zero-order valence-corrected chi connectivity index (χ0v) is 19.4. The molecular weight excluding hydrogens is 462 g/mol. The molecule has 11 heteroatoms. The van der Waals surface area contributed by atoms with Crippen molar-refractivity contribution in [3.05, 3.63) is 58.7 Å². The summed E-state index contributed by atoms with van der Waals surface area (Å²) in [5, 5.41) is 13.3. The third-order valence-corrected chi connectivity index (χ3v) is 6.78. The van der Waals surface area contributed by atoms with E-state index >= 15 is 0 Å². The normalized spacial score (nSPS) is 19.7. The van der Waals surface area contributed by atoms with Gasteiger partial charge in [0.15, 0.2) is 4.96 Å². The van der Waals surface area contributed by atoms with Gasteiger partial charge in [-0.05, 0) is 51.0 Å². The van der Waals surface area contributed by atoms with Gasteiger partial charge in [0.25, 0.3) is 0 Å². The van der Waals surface area contributed by atoms with E-state index in [0.717, 1.165) is 0 Å². The van der Waals surface area contributed by atoms with Gasteiger partial charge in [-0.15, -0.1) is 21.5 Å². The first-order valence-corrected chi connectivity index (χ1v) is 11.8. The number of nitrogens with one attached hydrogen (secondary N) is 1. The van der Waals surface area contributed by atoms with E-state index in [1.54, 1.807) is 48.0 Å². The van der Waals surface area contributed by atoms with E-state index in [0.29, 0.717) is 33.6 Å². The van der Waals surface area contributed by atoms with E-state index in [2.05, 4.69) is 25.5 Å². The van der Waals surface area contributed by atoms with Crippen LogP contribution in [0.15, 0.2) is 35.8 Å². The van der Waals surface area contributed by atoms with Gasteiger partial charge in [-0.1, -0.05) is 0 Å². The molecule has 0 bridgehead atoms. The number of fused-ring (bicyclic) bond motifs is 1. The minimum absolute atomic E-state index is 0.201. The van der Waals surface area contributed by atoms with E-state index in [1.807, 2.05) is 0 Å². The molecule has 4 heterocycles. The second-order valence-corrected chi connectivity index (χ2v) is 9.18. The number of hydrogen-bond acceptors (Lipinski definition) is 8. The fraction of sp³-hybridized carbons (Fsp3) is 0.348. The van der Waals surface area contributed by atoms with Crippen molar-refractivity contribution >= 4 is 28.1 Å². The number of rotatable bonds is 7. The lowest BCUT2D eigenvalue weighted by Gasteiger charge is -2.44. The molecule has 1 N–H and O–H groups in total. The highest BCUT2D eigenvalue weighted by atomic mass is 32.1. The number of esters is 1. The van der Waals surface area contributed by atoms with E-state index < -0.39 is 23.4 Å². The first-order chi connectivity index (χ1) is 16.4. The Balaban J connectivity index is 1.33. The Kier molecular flexibility index (Phi) is 5.72. The number of thiazole rings is 1. The standard InChI is InChI=1S/C23H22F2N6O2S/c1-3-33-21(32)18-11-34-22-28-17(10-31(18)22)16-6-7-19(30-29-16)26-12-23(8-14(24)9-23)20-15(25)5-4-13(2)27-20/h4-7,10-11,14H,3,8-9,12H2,1-2H3,(H,26,30). The fourth-order valence-electron chi connectivity index (χ4n) is 4.20. The van der Waals surface area contributed by atoms with Crippen LogP contribution >= 0.6 is 11.3 Å². The molecule has 4 aromatic heterocycles. The number of ether oxygens (including phenoxy) is 1. The molecule has 176 valence electrons. The summed E-state index contributed by atoms with van der Waals surface area (Å²) in [6.07, 6.45) is 1.14. The summed E-state index contributed by atoms with van der Waals surface area (Å²) in [5.41, 5.74) is 1.75. The van der Waals surface area contributed by atoms with Crippen molar-refractivity contribution < 1.29 is 18.3 Å². The molecule has 1 aliphatic rings. The molecular formula is C23H22F2N6O2S. The van der Waals surface area contributed by atoms with Crippen molar-refractivity contribution in [3.8, 4) is 11.4 Å². The second kappa shape index (κ2) is 8.71. The predicted octanol–water partition coefficient (Wildman–Crippen LogP) is 4.35. The summed E-state index contributed by atoms with van der Waals surface area (Å²) in [5.74, 6) is -0.363. The Labute approximate surface area is 198 Å². The van der Waals surface area contributed by atoms with Gasteiger partial charge in [0.05, 0.1) is 12.3 Å². The Bertz CT molecular complexity index is 1350. The number of pyridine rings is 1. The number of carbonyl (C=O) groups excluding carboxylic acids is 1. The monoisotopic (exact) mass is 484 g/mol. The van der Waals surface area contributed by atoms with Crippen LogP contribution in [0.2, 0.25) is 0 Å². The highest BCUT2D eigenvalue weighted by Gasteiger charge is 2.48. The average molecular weight is 485 g/mol. The summed E-state index contributed by atoms with van der Waals surface area (Å²) in [4.78, 5) is 21.6. The maximum absolute atomic E-state index is 14.5. The number of carbonyl (C=O) groups is 1. The van der Waals surface area contributed by atoms with Crippen LogP contribution in [0.1, 0.15) is 41.6 Å². The van der Waals surface area contributed by atoms with Crippen LogP contribution in [0.4, 0.5) is 14.6 Å². The molecule has 1 saturated carbocycles. The first kappa shape index (κ1) is 22.3. The largest absolute Gasteiger partial charge is 0.461 e. The number of halogens is 2. The summed E-state index contributed by atoms with van der Waals surface area (Å²) in [7, 11) is 0. The molecule has 0 saturated heterocycles. The van der Waals surface area contributed by atoms with Crippen molar-refractivity contribution in [2.45, 2.75) is 38.3 Å². The molecule has 0 unspecified atom stereocenters. The first-order valence-electron chi connectivity index (χ1n) is 10.9. The number of hydrogen-bond donors (Lipinski definition) is 1. The number of imidazole rings is 1. The minimum atomic E-state index is -0.980. The molecule has 8 nitrogen and oxygen atoms in total. The maximum atomic E-state index is 14.5. The third-order valence-electron chi connectivity index (χ3n) is 5.94. The van der Waals surface area contributed by atoms with Gasteiger partial charge in [0, 0.05) is 29.2 Å². The van der Waals surface area contributed by atoms with Crippen molar-refractivity contribution in [2.24, 2.45) is 0 Å². The molecule has 5 rings (SSSR count). The lowest BCUT2D eigenvalue weighted by Crippen LogP contribution is -2.49. The van der Waals surface area contributed by atoms with Gasteiger partial charge in [-0.25, -0.2) is 18.6 Å². The number of anilines is 1. The van der Waals surface area contributed by atoms with Crippen molar-refractivity contribution in [3.63, 3.8) is 0 Å². The molecule has 0 radical (unpaired) electrons. The topological polar surface area (TPSA) is 94.3 Å². The third kappa shape index (κ3) is 4.00. The summed E-state index contributed by atoms with van der Waals surface area (Å²) in [6, 6.07) is 6.47. The smallest absolute Gasteiger partial charge is 0.356 e. The van der Waals surface area contributed by atoms with Gasteiger partial charge in [-0.3, -0.25) is 9.38 Å². The van der Waals surface area contributed by atoms with Gasteiger partial charge >= 0.3 is 5.97 Å². The Morgan fingerprint density at radius 3 is 2.76 bits per heavy atom. The van der Waals surface area contributed by atoms with Crippen LogP contribution in [0.5, 0.6) is 0 Å². The predicted molar refractivity (Wildman–Crippen MR) is 123 cm³/mol. The quantitative estimate of drug-likeness (QED) is 0.390. The van der Waals surface area contributed by atoms with Crippen LogP contribution in [0.25, 0.3) is 16.3 Å². The Morgan fingerprint density at radius 2 is 2.06 bits per heavy atom. The summed E-state index contributed by atoms with van der Waals surface area (Å²) < 4.78 is 35.1. The highest BCUT2D eigenvalue weighted by Crippen LogP contribution is 2.45. The molecule has 34 heavy (non-hydrogen) atoms. The van der Waals surface area contributed by atoms with Gasteiger partial charge in [0.1, 0.15) is 34.9 Å². The molecule has 0 spiro atoms. The van der Waals surface area contributed by atoms with Crippen molar-refractivity contribution in [1.29, 1.82) is 0 Å². The molecule has 0 amide bonds. The van der Waals surface area contributed by atoms with Crippen molar-refractivity contribution in [1.82, 2.24) is 24.6 Å². The highest BCUT2D eigenvalue weighted by molar-refractivity contribution is 7.15. The Hall–Kier alpha value is -3.47. The lowest BCUT2D eigenvalue weighted by molar-refractivity contribution is 0.0518. The van der Waals surface area contributed by atoms with Crippen molar-refractivity contribution in [2.75, 3.05) is 18.5 Å². The zero-order valence-electron chi connectivity index (χ0n) is 18.6. The van der Waals surface area contributed by atoms with Gasteiger partial charge < -0.3 is 10.1 Å². The average Bonchev–Trinajstić information content (AvgIpc) is 3.39. The van der Waals surface area contributed by atoms with Gasteiger partial charge in [-0.2, -0.15) is 0 Å². The van der Waals surface area contributed by atoms with Crippen LogP contribution in [0.3, 0.4) is 0 Å². The zero-order chi connectivity index (χ0) is 23.9. The van der Waals surface area contributed by atoms with E-state index in [-0.39, 0.29) is 31.7 Å². The number of aryl methyl sites for hydroxylation is 1. The van der Waals surface area contributed by atoms with E-state index in [1.165, 1.54) is 17.4 Å².